The van der Waals surface area contributed by atoms with E-state index in [1.165, 1.54) is 19.3 Å². The molecule has 2 aliphatic carbocycles. The third kappa shape index (κ3) is 0.736. The van der Waals surface area contributed by atoms with Gasteiger partial charge in [-0.25, -0.2) is 0 Å². The van der Waals surface area contributed by atoms with Crippen LogP contribution in [0.1, 0.15) is 40.0 Å². The summed E-state index contributed by atoms with van der Waals surface area (Å²) in [5, 5.41) is 3.56. The maximum Gasteiger partial charge on any atom is 0.0232 e. The SMILES string of the molecule is CNC1(C)[C@H]2CCC(C2)C1(C)C. The Hall–Kier alpha value is -0.0400. The van der Waals surface area contributed by atoms with Crippen LogP contribution < -0.4 is 5.32 Å². The molecule has 2 bridgehead atoms. The molecule has 12 heavy (non-hydrogen) atoms. The van der Waals surface area contributed by atoms with Crippen molar-refractivity contribution in [3.63, 3.8) is 0 Å². The molecule has 2 rings (SSSR count). The van der Waals surface area contributed by atoms with Crippen LogP contribution in [-0.2, 0) is 0 Å². The van der Waals surface area contributed by atoms with Crippen molar-refractivity contribution in [2.45, 2.75) is 45.6 Å². The first-order valence-corrected chi connectivity index (χ1v) is 5.21. The number of nitrogens with one attached hydrogen (secondary N) is 1. The fourth-order valence-corrected chi connectivity index (χ4v) is 3.64. The molecule has 0 aromatic heterocycles. The fraction of sp³-hybridized carbons (Fsp3) is 1.00. The van der Waals surface area contributed by atoms with Crippen molar-refractivity contribution in [2.75, 3.05) is 7.05 Å². The Morgan fingerprint density at radius 3 is 2.00 bits per heavy atom. The quantitative estimate of drug-likeness (QED) is 0.632. The summed E-state index contributed by atoms with van der Waals surface area (Å²) < 4.78 is 0. The second-order valence-corrected chi connectivity index (χ2v) is 5.38. The molecule has 0 aliphatic heterocycles. The van der Waals surface area contributed by atoms with Crippen LogP contribution in [-0.4, -0.2) is 12.6 Å². The largest absolute Gasteiger partial charge is 0.314 e. The summed E-state index contributed by atoms with van der Waals surface area (Å²) in [5.74, 6) is 1.91. The van der Waals surface area contributed by atoms with Gasteiger partial charge in [0.2, 0.25) is 0 Å². The summed E-state index contributed by atoms with van der Waals surface area (Å²) in [6, 6.07) is 0. The minimum atomic E-state index is 0.399. The van der Waals surface area contributed by atoms with Gasteiger partial charge in [-0.15, -0.1) is 0 Å². The van der Waals surface area contributed by atoms with Crippen molar-refractivity contribution in [2.24, 2.45) is 17.3 Å². The fourth-order valence-electron chi connectivity index (χ4n) is 3.64. The third-order valence-electron chi connectivity index (χ3n) is 5.13. The molecule has 0 heterocycles. The molecule has 3 atom stereocenters. The van der Waals surface area contributed by atoms with Gasteiger partial charge in [0, 0.05) is 5.54 Å². The average molecular weight is 167 g/mol. The molecular formula is C11H21N. The van der Waals surface area contributed by atoms with Crippen LogP contribution >= 0.6 is 0 Å². The minimum Gasteiger partial charge on any atom is -0.314 e. The van der Waals surface area contributed by atoms with Crippen LogP contribution in [0.25, 0.3) is 0 Å². The minimum absolute atomic E-state index is 0.399. The lowest BCUT2D eigenvalue weighted by molar-refractivity contribution is 0.0732. The Morgan fingerprint density at radius 2 is 1.67 bits per heavy atom. The second kappa shape index (κ2) is 2.25. The van der Waals surface area contributed by atoms with Gasteiger partial charge in [-0.3, -0.25) is 0 Å². The summed E-state index contributed by atoms with van der Waals surface area (Å²) in [5.41, 5.74) is 0.903. The summed E-state index contributed by atoms with van der Waals surface area (Å²) in [6.07, 6.45) is 4.38. The van der Waals surface area contributed by atoms with E-state index in [0.29, 0.717) is 11.0 Å². The number of hydrogen-bond acceptors (Lipinski definition) is 1. The maximum atomic E-state index is 3.56. The van der Waals surface area contributed by atoms with E-state index in [0.717, 1.165) is 11.8 Å². The molecule has 2 aliphatic rings. The van der Waals surface area contributed by atoms with Gasteiger partial charge in [0.15, 0.2) is 0 Å². The van der Waals surface area contributed by atoms with E-state index in [1.54, 1.807) is 0 Å². The first-order valence-electron chi connectivity index (χ1n) is 5.21. The molecule has 2 fully saturated rings. The molecule has 70 valence electrons. The lowest BCUT2D eigenvalue weighted by Crippen LogP contribution is -2.55. The highest BCUT2D eigenvalue weighted by Crippen LogP contribution is 2.60. The highest BCUT2D eigenvalue weighted by Gasteiger charge is 2.59. The van der Waals surface area contributed by atoms with E-state index in [-0.39, 0.29) is 0 Å². The normalized spacial score (nSPS) is 50.0. The highest BCUT2D eigenvalue weighted by atomic mass is 15.0. The number of rotatable bonds is 1. The zero-order valence-electron chi connectivity index (χ0n) is 8.78. The molecule has 0 radical (unpaired) electrons. The molecule has 1 N–H and O–H groups in total. The maximum absolute atomic E-state index is 3.56. The second-order valence-electron chi connectivity index (χ2n) is 5.38. The smallest absolute Gasteiger partial charge is 0.0232 e. The molecule has 0 amide bonds. The first kappa shape index (κ1) is 8.55. The van der Waals surface area contributed by atoms with E-state index in [2.05, 4.69) is 33.1 Å². The van der Waals surface area contributed by atoms with Gasteiger partial charge in [-0.2, -0.15) is 0 Å². The van der Waals surface area contributed by atoms with Crippen molar-refractivity contribution < 1.29 is 0 Å². The Balaban J connectivity index is 2.34. The van der Waals surface area contributed by atoms with Crippen molar-refractivity contribution in [3.8, 4) is 0 Å². The van der Waals surface area contributed by atoms with E-state index < -0.39 is 0 Å². The lowest BCUT2D eigenvalue weighted by Gasteiger charge is -2.47. The topological polar surface area (TPSA) is 12.0 Å². The summed E-state index contributed by atoms with van der Waals surface area (Å²) >= 11 is 0. The average Bonchev–Trinajstić information content (AvgIpc) is 2.55. The van der Waals surface area contributed by atoms with Crippen molar-refractivity contribution in [1.82, 2.24) is 5.32 Å². The van der Waals surface area contributed by atoms with Crippen LogP contribution in [0.2, 0.25) is 0 Å². The van der Waals surface area contributed by atoms with Gasteiger partial charge < -0.3 is 5.32 Å². The van der Waals surface area contributed by atoms with E-state index >= 15 is 0 Å². The van der Waals surface area contributed by atoms with E-state index in [9.17, 15) is 0 Å². The summed E-state index contributed by atoms with van der Waals surface area (Å²) in [6.45, 7) is 7.29. The van der Waals surface area contributed by atoms with E-state index in [1.807, 2.05) is 0 Å². The molecule has 2 saturated carbocycles. The Kier molecular flexibility index (Phi) is 1.61. The van der Waals surface area contributed by atoms with Crippen LogP contribution in [0.3, 0.4) is 0 Å². The Morgan fingerprint density at radius 1 is 1.08 bits per heavy atom. The standard InChI is InChI=1S/C11H21N/c1-10(2)8-5-6-9(7-8)11(10,3)12-4/h8-9,12H,5-7H2,1-4H3/t8?,9-,11?/m0/s1. The summed E-state index contributed by atoms with van der Waals surface area (Å²) in [4.78, 5) is 0. The van der Waals surface area contributed by atoms with Crippen LogP contribution in [0.15, 0.2) is 0 Å². The molecule has 2 unspecified atom stereocenters. The van der Waals surface area contributed by atoms with Crippen molar-refractivity contribution in [3.05, 3.63) is 0 Å². The van der Waals surface area contributed by atoms with Crippen LogP contribution in [0.5, 0.6) is 0 Å². The summed E-state index contributed by atoms with van der Waals surface area (Å²) in [7, 11) is 2.13. The monoisotopic (exact) mass is 167 g/mol. The van der Waals surface area contributed by atoms with Gasteiger partial charge in [-0.05, 0) is 50.5 Å². The Labute approximate surface area is 75.9 Å². The van der Waals surface area contributed by atoms with Gasteiger partial charge >= 0.3 is 0 Å². The molecule has 0 aromatic carbocycles. The molecule has 0 spiro atoms. The Bertz CT molecular complexity index is 197. The lowest BCUT2D eigenvalue weighted by atomic mass is 9.64. The molecule has 0 aromatic rings. The number of hydrogen-bond donors (Lipinski definition) is 1. The van der Waals surface area contributed by atoms with Gasteiger partial charge in [0.05, 0.1) is 0 Å². The predicted octanol–water partition coefficient (Wildman–Crippen LogP) is 2.42. The first-order chi connectivity index (χ1) is 5.52. The van der Waals surface area contributed by atoms with Gasteiger partial charge in [0.25, 0.3) is 0 Å². The van der Waals surface area contributed by atoms with E-state index in [4.69, 9.17) is 0 Å². The van der Waals surface area contributed by atoms with Gasteiger partial charge in [-0.1, -0.05) is 13.8 Å². The molecule has 0 saturated heterocycles. The zero-order valence-corrected chi connectivity index (χ0v) is 8.78. The number of fused-ring (bicyclic) bond motifs is 2. The third-order valence-corrected chi connectivity index (χ3v) is 5.13. The molecule has 1 nitrogen and oxygen atoms in total. The van der Waals surface area contributed by atoms with Crippen molar-refractivity contribution in [1.29, 1.82) is 0 Å². The van der Waals surface area contributed by atoms with Gasteiger partial charge in [0.1, 0.15) is 0 Å². The van der Waals surface area contributed by atoms with Crippen LogP contribution in [0.4, 0.5) is 0 Å². The highest BCUT2D eigenvalue weighted by molar-refractivity contribution is 5.13. The molecular weight excluding hydrogens is 146 g/mol. The van der Waals surface area contributed by atoms with Crippen molar-refractivity contribution >= 4 is 0 Å². The van der Waals surface area contributed by atoms with Crippen LogP contribution in [0, 0.1) is 17.3 Å². The zero-order chi connectivity index (χ0) is 8.98. The molecule has 1 heteroatoms. The predicted molar refractivity (Wildman–Crippen MR) is 52.1 cm³/mol.